The molecule has 1 N–H and O–H groups in total. The number of carbonyl (C=O) groups is 1. The van der Waals surface area contributed by atoms with Crippen molar-refractivity contribution in [1.82, 2.24) is 0 Å². The van der Waals surface area contributed by atoms with E-state index in [0.29, 0.717) is 6.42 Å². The molecule has 0 aromatic carbocycles. The molecule has 5 aliphatic rings. The first-order chi connectivity index (χ1) is 15.0. The number of Topliss-reactive ketones (excluding diaryl/α,β-unsaturated/α-hetero) is 1. The van der Waals surface area contributed by atoms with Crippen molar-refractivity contribution in [3.8, 4) is 0 Å². The van der Waals surface area contributed by atoms with E-state index < -0.39 is 0 Å². The predicted octanol–water partition coefficient (Wildman–Crippen LogP) is 6.92. The minimum Gasteiger partial charge on any atom is -0.371 e. The van der Waals surface area contributed by atoms with Crippen LogP contribution in [0.15, 0.2) is 60.3 Å². The van der Waals surface area contributed by atoms with Crippen molar-refractivity contribution in [2.45, 2.75) is 84.8 Å². The summed E-state index contributed by atoms with van der Waals surface area (Å²) in [5.74, 6) is 0.423. The van der Waals surface area contributed by atoms with Crippen molar-refractivity contribution in [1.29, 1.82) is 5.41 Å². The molecule has 1 saturated heterocycles. The van der Waals surface area contributed by atoms with Crippen LogP contribution in [0.1, 0.15) is 73.1 Å². The smallest absolute Gasteiger partial charge is 0.132 e. The van der Waals surface area contributed by atoms with Crippen LogP contribution in [-0.4, -0.2) is 23.2 Å². The topological polar surface area (TPSA) is 50.2 Å². The van der Waals surface area contributed by atoms with Crippen molar-refractivity contribution in [3.05, 3.63) is 60.3 Å². The number of carbonyl (C=O) groups excluding carboxylic acids is 1. The van der Waals surface area contributed by atoms with Crippen LogP contribution in [0.4, 0.5) is 0 Å². The van der Waals surface area contributed by atoms with Crippen LogP contribution < -0.4 is 0 Å². The van der Waals surface area contributed by atoms with Gasteiger partial charge in [0.15, 0.2) is 0 Å². The van der Waals surface area contributed by atoms with Crippen LogP contribution in [0.3, 0.4) is 0 Å². The first kappa shape index (κ1) is 23.2. The fraction of sp³-hybridized carbons (Fsp3) is 0.586. The van der Waals surface area contributed by atoms with Gasteiger partial charge in [0.05, 0.1) is 11.7 Å². The van der Waals surface area contributed by atoms with Crippen LogP contribution in [0, 0.1) is 27.6 Å². The van der Waals surface area contributed by atoms with Crippen LogP contribution in [0.2, 0.25) is 0 Å². The summed E-state index contributed by atoms with van der Waals surface area (Å²) in [6, 6.07) is 0. The number of ether oxygens (including phenoxy) is 1. The third-order valence-electron chi connectivity index (χ3n) is 8.94. The Hall–Kier alpha value is -2.00. The largest absolute Gasteiger partial charge is 0.371 e. The second kappa shape index (κ2) is 7.80. The summed E-state index contributed by atoms with van der Waals surface area (Å²) in [6.45, 7) is 14.8. The highest BCUT2D eigenvalue weighted by Gasteiger charge is 2.66. The molecule has 5 atom stereocenters. The molecule has 0 amide bonds. The number of allylic oxidation sites excluding steroid dienone is 8. The van der Waals surface area contributed by atoms with E-state index >= 15 is 0 Å². The van der Waals surface area contributed by atoms with Crippen LogP contribution in [0.25, 0.3) is 0 Å². The Bertz CT molecular complexity index is 954. The van der Waals surface area contributed by atoms with Gasteiger partial charge in [0.1, 0.15) is 5.78 Å². The molecule has 0 radical (unpaired) electrons. The first-order valence-corrected chi connectivity index (χ1v) is 12.2. The molecule has 5 unspecified atom stereocenters. The number of ketones is 1. The van der Waals surface area contributed by atoms with Crippen molar-refractivity contribution in [2.24, 2.45) is 22.2 Å². The third kappa shape index (κ3) is 3.27. The molecule has 2 bridgehead atoms. The molecular weight excluding hydrogens is 394 g/mol. The summed E-state index contributed by atoms with van der Waals surface area (Å²) in [7, 11) is 0. The summed E-state index contributed by atoms with van der Waals surface area (Å²) in [4.78, 5) is 12.0. The molecule has 0 aromatic rings. The van der Waals surface area contributed by atoms with E-state index in [2.05, 4.69) is 76.8 Å². The maximum atomic E-state index is 12.0. The maximum absolute atomic E-state index is 12.0. The molecule has 5 rings (SSSR count). The van der Waals surface area contributed by atoms with Gasteiger partial charge in [-0.3, -0.25) is 4.79 Å². The minimum atomic E-state index is -0.323. The Morgan fingerprint density at radius 2 is 1.91 bits per heavy atom. The SMILES string of the molecule is C1=CCC=C1.C=C1C=C2C3(C)CC4(/C=C/CC12CC)C(CC(C)=O)OC(C)(C)C4CC3=N. The lowest BCUT2D eigenvalue weighted by atomic mass is 9.44. The Kier molecular flexibility index (Phi) is 5.65. The zero-order chi connectivity index (χ0) is 23.4. The average Bonchev–Trinajstić information content (AvgIpc) is 3.34. The van der Waals surface area contributed by atoms with E-state index in [1.807, 2.05) is 0 Å². The Morgan fingerprint density at radius 1 is 1.22 bits per heavy atom. The number of rotatable bonds is 3. The highest BCUT2D eigenvalue weighted by atomic mass is 16.5. The summed E-state index contributed by atoms with van der Waals surface area (Å²) >= 11 is 0. The van der Waals surface area contributed by atoms with E-state index in [1.165, 1.54) is 11.1 Å². The van der Waals surface area contributed by atoms with Crippen LogP contribution >= 0.6 is 0 Å². The van der Waals surface area contributed by atoms with Crippen LogP contribution in [0.5, 0.6) is 0 Å². The van der Waals surface area contributed by atoms with E-state index in [1.54, 1.807) is 6.92 Å². The Balaban J connectivity index is 0.000000433. The molecular formula is C29H39NO2. The van der Waals surface area contributed by atoms with Crippen molar-refractivity contribution in [2.75, 3.05) is 0 Å². The summed E-state index contributed by atoms with van der Waals surface area (Å²) in [5, 5.41) is 9.03. The summed E-state index contributed by atoms with van der Waals surface area (Å²) in [5.41, 5.74) is 2.67. The lowest BCUT2D eigenvalue weighted by Gasteiger charge is -2.59. The monoisotopic (exact) mass is 433 g/mol. The summed E-state index contributed by atoms with van der Waals surface area (Å²) < 4.78 is 6.52. The Morgan fingerprint density at radius 3 is 2.44 bits per heavy atom. The van der Waals surface area contributed by atoms with Crippen molar-refractivity contribution >= 4 is 11.5 Å². The van der Waals surface area contributed by atoms with Crippen molar-refractivity contribution in [3.63, 3.8) is 0 Å². The quantitative estimate of drug-likeness (QED) is 0.491. The van der Waals surface area contributed by atoms with Gasteiger partial charge in [0, 0.05) is 34.3 Å². The third-order valence-corrected chi connectivity index (χ3v) is 8.94. The van der Waals surface area contributed by atoms with Gasteiger partial charge < -0.3 is 10.1 Å². The molecule has 3 heteroatoms. The van der Waals surface area contributed by atoms with Crippen LogP contribution in [-0.2, 0) is 9.53 Å². The highest BCUT2D eigenvalue weighted by molar-refractivity contribution is 5.93. The number of hydrogen-bond acceptors (Lipinski definition) is 3. The van der Waals surface area contributed by atoms with Gasteiger partial charge in [0.25, 0.3) is 0 Å². The molecule has 1 spiro atoms. The fourth-order valence-electron chi connectivity index (χ4n) is 7.19. The predicted molar refractivity (Wildman–Crippen MR) is 132 cm³/mol. The second-order valence-electron chi connectivity index (χ2n) is 11.2. The maximum Gasteiger partial charge on any atom is 0.132 e. The van der Waals surface area contributed by atoms with E-state index in [4.69, 9.17) is 10.1 Å². The van der Waals surface area contributed by atoms with E-state index in [-0.39, 0.29) is 39.7 Å². The normalized spacial score (nSPS) is 41.3. The lowest BCUT2D eigenvalue weighted by Crippen LogP contribution is -2.55. The standard InChI is InChI=1S/C24H33NO2.C5H6/c1-7-23-9-8-10-24-14-22(6,18(23)11-15(23)2)19(25)13-17(24)21(4,5)27-20(24)12-16(3)26;1-2-4-5-3-1/h8,10-11,17,20,25H,2,7,9,12-14H2,1,3-6H3;1-4H,5H2/b10-8+,25-19?;. The van der Waals surface area contributed by atoms with E-state index in [9.17, 15) is 4.79 Å². The van der Waals surface area contributed by atoms with E-state index in [0.717, 1.165) is 37.8 Å². The van der Waals surface area contributed by atoms with Gasteiger partial charge in [-0.05, 0) is 64.0 Å². The summed E-state index contributed by atoms with van der Waals surface area (Å²) in [6.07, 6.45) is 20.4. The molecule has 0 aromatic heterocycles. The lowest BCUT2D eigenvalue weighted by molar-refractivity contribution is -0.122. The number of hydrogen-bond donors (Lipinski definition) is 1. The fourth-order valence-corrected chi connectivity index (χ4v) is 7.19. The molecule has 32 heavy (non-hydrogen) atoms. The first-order valence-electron chi connectivity index (χ1n) is 12.2. The number of fused-ring (bicyclic) bond motifs is 3. The highest BCUT2D eigenvalue weighted by Crippen LogP contribution is 2.68. The zero-order valence-corrected chi connectivity index (χ0v) is 20.5. The van der Waals surface area contributed by atoms with Gasteiger partial charge in [-0.2, -0.15) is 0 Å². The molecule has 172 valence electrons. The number of nitrogens with one attached hydrogen (secondary N) is 1. The van der Waals surface area contributed by atoms with Gasteiger partial charge in [-0.25, -0.2) is 0 Å². The second-order valence-corrected chi connectivity index (χ2v) is 11.2. The molecule has 1 saturated carbocycles. The zero-order valence-electron chi connectivity index (χ0n) is 20.5. The average molecular weight is 434 g/mol. The molecule has 2 fully saturated rings. The van der Waals surface area contributed by atoms with Crippen molar-refractivity contribution < 1.29 is 9.53 Å². The van der Waals surface area contributed by atoms with Gasteiger partial charge in [-0.1, -0.05) is 63.0 Å². The molecule has 3 nitrogen and oxygen atoms in total. The molecule has 4 aliphatic carbocycles. The van der Waals surface area contributed by atoms with Gasteiger partial charge >= 0.3 is 0 Å². The molecule has 1 aliphatic heterocycles. The molecule has 1 heterocycles. The Labute approximate surface area is 193 Å². The minimum absolute atomic E-state index is 0.0110. The van der Waals surface area contributed by atoms with Gasteiger partial charge in [0.2, 0.25) is 0 Å². The van der Waals surface area contributed by atoms with Gasteiger partial charge in [-0.15, -0.1) is 0 Å².